The van der Waals surface area contributed by atoms with Crippen LogP contribution in [0.15, 0.2) is 18.7 Å². The second kappa shape index (κ2) is 3.88. The van der Waals surface area contributed by atoms with E-state index >= 15 is 0 Å². The third-order valence-corrected chi connectivity index (χ3v) is 2.94. The molecule has 0 aromatic carbocycles. The summed E-state index contributed by atoms with van der Waals surface area (Å²) in [5.74, 6) is 0.445. The number of aromatic nitrogens is 1. The quantitative estimate of drug-likeness (QED) is 0.710. The van der Waals surface area contributed by atoms with Gasteiger partial charge in [-0.05, 0) is 24.0 Å². The van der Waals surface area contributed by atoms with Gasteiger partial charge in [-0.2, -0.15) is 0 Å². The summed E-state index contributed by atoms with van der Waals surface area (Å²) in [6.45, 7) is 14.2. The van der Waals surface area contributed by atoms with Crippen LogP contribution in [0.2, 0.25) is 0 Å². The van der Waals surface area contributed by atoms with E-state index in [2.05, 4.69) is 32.0 Å². The summed E-state index contributed by atoms with van der Waals surface area (Å²) in [5, 5.41) is 0. The number of hydrogen-bond donors (Lipinski definition) is 0. The number of allylic oxidation sites excluding steroid dienone is 2. The van der Waals surface area contributed by atoms with E-state index in [9.17, 15) is 0 Å². The van der Waals surface area contributed by atoms with Gasteiger partial charge in [-0.3, -0.25) is 0 Å². The average molecular weight is 193 g/mol. The fourth-order valence-electron chi connectivity index (χ4n) is 1.05. The lowest BCUT2D eigenvalue weighted by Gasteiger charge is -2.08. The Morgan fingerprint density at radius 2 is 2.08 bits per heavy atom. The molecule has 1 rings (SSSR count). The van der Waals surface area contributed by atoms with E-state index < -0.39 is 0 Å². The predicted molar refractivity (Wildman–Crippen MR) is 60.7 cm³/mol. The molecule has 2 heteroatoms. The Morgan fingerprint density at radius 3 is 2.54 bits per heavy atom. The highest BCUT2D eigenvalue weighted by Gasteiger charge is 2.12. The Kier molecular flexibility index (Phi) is 3.04. The highest BCUT2D eigenvalue weighted by atomic mass is 32.1. The Morgan fingerprint density at radius 1 is 1.46 bits per heavy atom. The zero-order chi connectivity index (χ0) is 10.0. The van der Waals surface area contributed by atoms with Crippen LogP contribution in [0.25, 0.3) is 11.1 Å². The van der Waals surface area contributed by atoms with Crippen molar-refractivity contribution < 1.29 is 0 Å². The summed E-state index contributed by atoms with van der Waals surface area (Å²) < 4.78 is 0. The fourth-order valence-corrected chi connectivity index (χ4v) is 1.81. The summed E-state index contributed by atoms with van der Waals surface area (Å²) in [5.41, 5.74) is 5.04. The van der Waals surface area contributed by atoms with Gasteiger partial charge in [0.1, 0.15) is 0 Å². The summed E-state index contributed by atoms with van der Waals surface area (Å²) in [6.07, 6.45) is 0. The number of thiazole rings is 1. The van der Waals surface area contributed by atoms with Crippen molar-refractivity contribution in [2.45, 2.75) is 20.8 Å². The van der Waals surface area contributed by atoms with Crippen LogP contribution in [0.5, 0.6) is 0 Å². The number of hydrogen-bond acceptors (Lipinski definition) is 2. The SMILES string of the molecule is C=C(C)c1scnc1C(=C)C(C)C. The molecule has 1 nitrogen and oxygen atoms in total. The molecule has 0 radical (unpaired) electrons. The normalized spacial score (nSPS) is 10.5. The van der Waals surface area contributed by atoms with E-state index in [1.54, 1.807) is 11.3 Å². The first-order valence-corrected chi connectivity index (χ1v) is 5.20. The Bertz CT molecular complexity index is 334. The van der Waals surface area contributed by atoms with E-state index in [4.69, 9.17) is 0 Å². The molecule has 0 saturated carbocycles. The van der Waals surface area contributed by atoms with Crippen LogP contribution in [0.4, 0.5) is 0 Å². The maximum absolute atomic E-state index is 4.32. The topological polar surface area (TPSA) is 12.9 Å². The van der Waals surface area contributed by atoms with Crippen LogP contribution < -0.4 is 0 Å². The zero-order valence-corrected chi connectivity index (χ0v) is 9.24. The molecule has 1 aromatic rings. The summed E-state index contributed by atoms with van der Waals surface area (Å²) in [4.78, 5) is 5.48. The van der Waals surface area contributed by atoms with Gasteiger partial charge in [0.05, 0.1) is 16.1 Å². The van der Waals surface area contributed by atoms with Crippen molar-refractivity contribution >= 4 is 22.5 Å². The van der Waals surface area contributed by atoms with Crippen molar-refractivity contribution in [2.24, 2.45) is 5.92 Å². The van der Waals surface area contributed by atoms with Crippen LogP contribution in [-0.4, -0.2) is 4.98 Å². The van der Waals surface area contributed by atoms with Crippen molar-refractivity contribution in [3.63, 3.8) is 0 Å². The van der Waals surface area contributed by atoms with Crippen LogP contribution >= 0.6 is 11.3 Å². The van der Waals surface area contributed by atoms with Gasteiger partial charge in [0.15, 0.2) is 0 Å². The van der Waals surface area contributed by atoms with Gasteiger partial charge in [0, 0.05) is 0 Å². The lowest BCUT2D eigenvalue weighted by atomic mass is 10.00. The minimum Gasteiger partial charge on any atom is -0.244 e. The predicted octanol–water partition coefficient (Wildman–Crippen LogP) is 3.85. The molecule has 0 amide bonds. The summed E-state index contributed by atoms with van der Waals surface area (Å²) in [7, 11) is 0. The second-order valence-electron chi connectivity index (χ2n) is 3.49. The summed E-state index contributed by atoms with van der Waals surface area (Å²) in [6, 6.07) is 0. The van der Waals surface area contributed by atoms with Gasteiger partial charge in [-0.25, -0.2) is 4.98 Å². The highest BCUT2D eigenvalue weighted by molar-refractivity contribution is 7.11. The van der Waals surface area contributed by atoms with Gasteiger partial charge in [0.25, 0.3) is 0 Å². The maximum Gasteiger partial charge on any atom is 0.0843 e. The van der Waals surface area contributed by atoms with E-state index in [0.29, 0.717) is 5.92 Å². The molecule has 1 heterocycles. The summed E-state index contributed by atoms with van der Waals surface area (Å²) >= 11 is 1.63. The fraction of sp³-hybridized carbons (Fsp3) is 0.364. The molecular weight excluding hydrogens is 178 g/mol. The second-order valence-corrected chi connectivity index (χ2v) is 4.35. The lowest BCUT2D eigenvalue weighted by molar-refractivity contribution is 0.852. The highest BCUT2D eigenvalue weighted by Crippen LogP contribution is 2.29. The van der Waals surface area contributed by atoms with Gasteiger partial charge >= 0.3 is 0 Å². The van der Waals surface area contributed by atoms with Gasteiger partial charge in [-0.15, -0.1) is 11.3 Å². The first kappa shape index (κ1) is 10.2. The van der Waals surface area contributed by atoms with E-state index in [-0.39, 0.29) is 0 Å². The molecule has 1 aromatic heterocycles. The minimum absolute atomic E-state index is 0.445. The molecule has 0 aliphatic rings. The van der Waals surface area contributed by atoms with E-state index in [1.807, 2.05) is 12.4 Å². The largest absolute Gasteiger partial charge is 0.244 e. The Balaban J connectivity index is 3.08. The van der Waals surface area contributed by atoms with E-state index in [0.717, 1.165) is 16.8 Å². The van der Waals surface area contributed by atoms with Crippen LogP contribution in [0.3, 0.4) is 0 Å². The van der Waals surface area contributed by atoms with Crippen LogP contribution in [-0.2, 0) is 0 Å². The Hall–Kier alpha value is -0.890. The number of nitrogens with zero attached hydrogens (tertiary/aromatic N) is 1. The minimum atomic E-state index is 0.445. The Labute approximate surface area is 83.8 Å². The van der Waals surface area contributed by atoms with Gasteiger partial charge in [-0.1, -0.05) is 27.0 Å². The standard InChI is InChI=1S/C11H15NS/c1-7(2)9(5)10-11(8(3)4)13-6-12-10/h6-7H,3,5H2,1-2,4H3. The average Bonchev–Trinajstić information content (AvgIpc) is 2.50. The van der Waals surface area contributed by atoms with Crippen LogP contribution in [0, 0.1) is 5.92 Å². The third-order valence-electron chi connectivity index (χ3n) is 1.96. The molecule has 0 aliphatic carbocycles. The van der Waals surface area contributed by atoms with Crippen molar-refractivity contribution in [2.75, 3.05) is 0 Å². The molecule has 0 bridgehead atoms. The molecule has 0 spiro atoms. The molecule has 13 heavy (non-hydrogen) atoms. The third kappa shape index (κ3) is 2.07. The molecular formula is C11H15NS. The molecule has 0 N–H and O–H groups in total. The van der Waals surface area contributed by atoms with Crippen molar-refractivity contribution in [1.29, 1.82) is 0 Å². The smallest absolute Gasteiger partial charge is 0.0843 e. The molecule has 70 valence electrons. The van der Waals surface area contributed by atoms with Gasteiger partial charge < -0.3 is 0 Å². The van der Waals surface area contributed by atoms with Crippen molar-refractivity contribution in [1.82, 2.24) is 4.98 Å². The molecule has 0 saturated heterocycles. The van der Waals surface area contributed by atoms with Gasteiger partial charge in [0.2, 0.25) is 0 Å². The lowest BCUT2D eigenvalue weighted by Crippen LogP contribution is -1.94. The van der Waals surface area contributed by atoms with Crippen molar-refractivity contribution in [3.8, 4) is 0 Å². The molecule has 0 fully saturated rings. The first-order valence-electron chi connectivity index (χ1n) is 4.32. The van der Waals surface area contributed by atoms with Crippen molar-refractivity contribution in [3.05, 3.63) is 29.2 Å². The van der Waals surface area contributed by atoms with E-state index in [1.165, 1.54) is 4.88 Å². The molecule has 0 aliphatic heterocycles. The molecule has 0 unspecified atom stereocenters. The molecule has 0 atom stereocenters. The maximum atomic E-state index is 4.32. The zero-order valence-electron chi connectivity index (χ0n) is 8.42. The monoisotopic (exact) mass is 193 g/mol. The number of rotatable bonds is 3. The van der Waals surface area contributed by atoms with Crippen LogP contribution in [0.1, 0.15) is 31.3 Å². The first-order chi connectivity index (χ1) is 6.04.